The molecule has 0 atom stereocenters. The molecule has 0 radical (unpaired) electrons. The first-order valence-corrected chi connectivity index (χ1v) is 6.78. The summed E-state index contributed by atoms with van der Waals surface area (Å²) in [6.45, 7) is 7.95. The second kappa shape index (κ2) is 5.95. The Kier molecular flexibility index (Phi) is 4.26. The predicted octanol–water partition coefficient (Wildman–Crippen LogP) is 2.83. The van der Waals surface area contributed by atoms with Crippen molar-refractivity contribution in [3.8, 4) is 17.0 Å². The lowest BCUT2D eigenvalue weighted by molar-refractivity contribution is 0.0520. The molecule has 0 aliphatic carbocycles. The van der Waals surface area contributed by atoms with Gasteiger partial charge in [-0.3, -0.25) is 0 Å². The van der Waals surface area contributed by atoms with Crippen molar-refractivity contribution >= 4 is 5.97 Å². The minimum atomic E-state index is -0.497. The second-order valence-electron chi connectivity index (χ2n) is 5.48. The van der Waals surface area contributed by atoms with Crippen LogP contribution in [0.15, 0.2) is 24.3 Å². The number of esters is 1. The first kappa shape index (κ1) is 15.0. The normalized spacial score (nSPS) is 11.2. The van der Waals surface area contributed by atoms with Gasteiger partial charge in [0.1, 0.15) is 17.0 Å². The van der Waals surface area contributed by atoms with Crippen molar-refractivity contribution in [1.29, 1.82) is 0 Å². The summed E-state index contributed by atoms with van der Waals surface area (Å²) in [5.74, 6) is 0.209. The van der Waals surface area contributed by atoms with Crippen molar-refractivity contribution < 1.29 is 14.3 Å². The van der Waals surface area contributed by atoms with Gasteiger partial charge in [-0.25, -0.2) is 4.79 Å². The lowest BCUT2D eigenvalue weighted by Crippen LogP contribution is -2.22. The van der Waals surface area contributed by atoms with E-state index in [4.69, 9.17) is 9.47 Å². The van der Waals surface area contributed by atoms with E-state index in [0.717, 1.165) is 5.56 Å². The number of aromatic amines is 1. The molecule has 21 heavy (non-hydrogen) atoms. The van der Waals surface area contributed by atoms with Gasteiger partial charge in [0.25, 0.3) is 0 Å². The van der Waals surface area contributed by atoms with Crippen molar-refractivity contribution in [2.45, 2.75) is 33.3 Å². The van der Waals surface area contributed by atoms with Crippen molar-refractivity contribution in [3.05, 3.63) is 30.0 Å². The zero-order valence-electron chi connectivity index (χ0n) is 12.6. The van der Waals surface area contributed by atoms with E-state index in [1.54, 1.807) is 6.92 Å². The van der Waals surface area contributed by atoms with E-state index in [1.165, 1.54) is 0 Å². The highest BCUT2D eigenvalue weighted by atomic mass is 16.5. The Hall–Kier alpha value is -2.37. The highest BCUT2D eigenvalue weighted by Gasteiger charge is 2.20. The smallest absolute Gasteiger partial charge is 0.361 e. The maximum Gasteiger partial charge on any atom is 0.361 e. The number of H-pyrrole nitrogens is 1. The second-order valence-corrected chi connectivity index (χ2v) is 5.48. The predicted molar refractivity (Wildman–Crippen MR) is 78.2 cm³/mol. The molecule has 2 aromatic rings. The van der Waals surface area contributed by atoms with E-state index >= 15 is 0 Å². The zero-order valence-corrected chi connectivity index (χ0v) is 12.6. The molecule has 1 N–H and O–H groups in total. The van der Waals surface area contributed by atoms with Crippen molar-refractivity contribution in [2.75, 3.05) is 6.61 Å². The van der Waals surface area contributed by atoms with E-state index in [2.05, 4.69) is 15.4 Å². The van der Waals surface area contributed by atoms with Crippen LogP contribution in [0.5, 0.6) is 5.75 Å². The number of ether oxygens (including phenoxy) is 2. The van der Waals surface area contributed by atoms with E-state index in [9.17, 15) is 4.79 Å². The molecule has 0 saturated carbocycles. The monoisotopic (exact) mass is 289 g/mol. The minimum Gasteiger partial charge on any atom is -0.488 e. The maximum atomic E-state index is 11.8. The van der Waals surface area contributed by atoms with E-state index < -0.39 is 5.97 Å². The fraction of sp³-hybridized carbons (Fsp3) is 0.400. The summed E-state index contributed by atoms with van der Waals surface area (Å²) in [5.41, 5.74) is 1.07. The number of carbonyl (C=O) groups excluding carboxylic acids is 1. The number of aromatic nitrogens is 3. The number of benzene rings is 1. The van der Waals surface area contributed by atoms with E-state index in [-0.39, 0.29) is 17.9 Å². The molecule has 0 unspecified atom stereocenters. The molecule has 0 fully saturated rings. The lowest BCUT2D eigenvalue weighted by Gasteiger charge is -2.21. The van der Waals surface area contributed by atoms with Gasteiger partial charge in [0.15, 0.2) is 5.69 Å². The Morgan fingerprint density at radius 2 is 2.05 bits per heavy atom. The van der Waals surface area contributed by atoms with Crippen LogP contribution in [-0.4, -0.2) is 33.6 Å². The van der Waals surface area contributed by atoms with Gasteiger partial charge in [0, 0.05) is 5.56 Å². The summed E-state index contributed by atoms with van der Waals surface area (Å²) < 4.78 is 10.8. The number of hydrogen-bond donors (Lipinski definition) is 1. The number of nitrogens with zero attached hydrogens (tertiary/aromatic N) is 2. The van der Waals surface area contributed by atoms with E-state index in [1.807, 2.05) is 45.0 Å². The van der Waals surface area contributed by atoms with Crippen LogP contribution in [0.4, 0.5) is 0 Å². The van der Waals surface area contributed by atoms with Crippen LogP contribution < -0.4 is 4.74 Å². The molecule has 1 aromatic heterocycles. The van der Waals surface area contributed by atoms with Crippen LogP contribution in [0, 0.1) is 0 Å². The average molecular weight is 289 g/mol. The summed E-state index contributed by atoms with van der Waals surface area (Å²) in [6, 6.07) is 7.38. The molecule has 0 spiro atoms. The van der Waals surface area contributed by atoms with Gasteiger partial charge in [0.2, 0.25) is 0 Å². The molecule has 6 heteroatoms. The Balaban J connectivity index is 2.33. The molecule has 0 saturated heterocycles. The molecular weight excluding hydrogens is 270 g/mol. The van der Waals surface area contributed by atoms with Crippen molar-refractivity contribution in [1.82, 2.24) is 15.4 Å². The average Bonchev–Trinajstić information content (AvgIpc) is 2.86. The largest absolute Gasteiger partial charge is 0.488 e. The van der Waals surface area contributed by atoms with Gasteiger partial charge >= 0.3 is 5.97 Å². The van der Waals surface area contributed by atoms with Crippen molar-refractivity contribution in [2.24, 2.45) is 0 Å². The van der Waals surface area contributed by atoms with Crippen LogP contribution in [0.3, 0.4) is 0 Å². The van der Waals surface area contributed by atoms with Crippen LogP contribution in [0.1, 0.15) is 38.2 Å². The maximum absolute atomic E-state index is 11.8. The van der Waals surface area contributed by atoms with Gasteiger partial charge in [-0.1, -0.05) is 12.1 Å². The standard InChI is InChI=1S/C15H19N3O3/c1-5-20-14(19)13-12(16-18-17-13)10-7-6-8-11(9-10)21-15(2,3)4/h6-9H,5H2,1-4H3,(H,16,17,18). The van der Waals surface area contributed by atoms with Crippen molar-refractivity contribution in [3.63, 3.8) is 0 Å². The Bertz CT molecular complexity index is 629. The Morgan fingerprint density at radius 1 is 1.29 bits per heavy atom. The van der Waals surface area contributed by atoms with Gasteiger partial charge in [-0.2, -0.15) is 10.3 Å². The highest BCUT2D eigenvalue weighted by molar-refractivity contribution is 5.93. The SMILES string of the molecule is CCOC(=O)c1n[nH]nc1-c1cccc(OC(C)(C)C)c1. The molecular formula is C15H19N3O3. The first-order valence-electron chi connectivity index (χ1n) is 6.78. The van der Waals surface area contributed by atoms with Gasteiger partial charge < -0.3 is 9.47 Å². The summed E-state index contributed by atoms with van der Waals surface area (Å²) in [6.07, 6.45) is 0. The molecule has 1 heterocycles. The molecule has 6 nitrogen and oxygen atoms in total. The number of rotatable bonds is 4. The molecule has 112 valence electrons. The molecule has 2 rings (SSSR count). The zero-order chi connectivity index (χ0) is 15.5. The van der Waals surface area contributed by atoms with Gasteiger partial charge in [-0.15, -0.1) is 5.10 Å². The summed E-state index contributed by atoms with van der Waals surface area (Å²) in [7, 11) is 0. The van der Waals surface area contributed by atoms with Crippen LogP contribution in [0.25, 0.3) is 11.3 Å². The third-order valence-corrected chi connectivity index (χ3v) is 2.55. The fourth-order valence-electron chi connectivity index (χ4n) is 1.83. The van der Waals surface area contributed by atoms with Gasteiger partial charge in [0.05, 0.1) is 6.61 Å². The molecule has 1 aromatic carbocycles. The molecule has 0 aliphatic heterocycles. The summed E-state index contributed by atoms with van der Waals surface area (Å²) in [4.78, 5) is 11.8. The third kappa shape index (κ3) is 3.81. The van der Waals surface area contributed by atoms with Crippen LogP contribution >= 0.6 is 0 Å². The van der Waals surface area contributed by atoms with Crippen LogP contribution in [0.2, 0.25) is 0 Å². The Labute approximate surface area is 123 Å². The molecule has 0 bridgehead atoms. The first-order chi connectivity index (χ1) is 9.90. The minimum absolute atomic E-state index is 0.171. The Morgan fingerprint density at radius 3 is 2.71 bits per heavy atom. The molecule has 0 aliphatic rings. The van der Waals surface area contributed by atoms with E-state index in [0.29, 0.717) is 11.4 Å². The lowest BCUT2D eigenvalue weighted by atomic mass is 10.1. The summed E-state index contributed by atoms with van der Waals surface area (Å²) >= 11 is 0. The topological polar surface area (TPSA) is 77.1 Å². The number of nitrogens with one attached hydrogen (secondary N) is 1. The highest BCUT2D eigenvalue weighted by Crippen LogP contribution is 2.26. The number of hydrogen-bond acceptors (Lipinski definition) is 5. The summed E-state index contributed by atoms with van der Waals surface area (Å²) in [5, 5.41) is 10.4. The van der Waals surface area contributed by atoms with Gasteiger partial charge in [-0.05, 0) is 39.8 Å². The molecule has 0 amide bonds. The quantitative estimate of drug-likeness (QED) is 0.876. The fourth-order valence-corrected chi connectivity index (χ4v) is 1.83. The number of carbonyl (C=O) groups is 1. The third-order valence-electron chi connectivity index (χ3n) is 2.55. The van der Waals surface area contributed by atoms with Crippen LogP contribution in [-0.2, 0) is 4.74 Å².